The summed E-state index contributed by atoms with van der Waals surface area (Å²) >= 11 is 14.8. The highest BCUT2D eigenvalue weighted by Gasteiger charge is 2.18. The zero-order valence-electron chi connectivity index (χ0n) is 9.27. The number of hydrogen-bond acceptors (Lipinski definition) is 3. The Morgan fingerprint density at radius 1 is 1.21 bits per heavy atom. The van der Waals surface area contributed by atoms with Gasteiger partial charge in [0, 0.05) is 10.7 Å². The Hall–Kier alpha value is -0.820. The van der Waals surface area contributed by atoms with Crippen molar-refractivity contribution in [2.45, 2.75) is 4.90 Å². The SMILES string of the molecule is O=S(=O)(Nc1ccc(Cl)c(Br)c1)c1cccnc1Cl. The van der Waals surface area contributed by atoms with E-state index in [1.165, 1.54) is 18.3 Å². The molecule has 0 saturated heterocycles. The predicted octanol–water partition coefficient (Wildman–Crippen LogP) is 3.95. The van der Waals surface area contributed by atoms with Crippen LogP contribution in [0.15, 0.2) is 45.9 Å². The minimum Gasteiger partial charge on any atom is -0.279 e. The molecular formula is C11H7BrCl2N2O2S. The van der Waals surface area contributed by atoms with Gasteiger partial charge in [-0.1, -0.05) is 23.2 Å². The number of rotatable bonds is 3. The molecule has 100 valence electrons. The Labute approximate surface area is 128 Å². The first-order valence-corrected chi connectivity index (χ1v) is 8.02. The molecule has 0 aliphatic carbocycles. The van der Waals surface area contributed by atoms with Crippen molar-refractivity contribution in [3.8, 4) is 0 Å². The van der Waals surface area contributed by atoms with Gasteiger partial charge in [-0.3, -0.25) is 4.72 Å². The molecule has 8 heteroatoms. The Balaban J connectivity index is 2.37. The maximum absolute atomic E-state index is 12.1. The lowest BCUT2D eigenvalue weighted by Gasteiger charge is -2.09. The minimum absolute atomic E-state index is 0.0805. The second-order valence-corrected chi connectivity index (χ2v) is 6.80. The molecule has 19 heavy (non-hydrogen) atoms. The van der Waals surface area contributed by atoms with Crippen LogP contribution < -0.4 is 4.72 Å². The van der Waals surface area contributed by atoms with Gasteiger partial charge < -0.3 is 0 Å². The van der Waals surface area contributed by atoms with Gasteiger partial charge in [-0.25, -0.2) is 13.4 Å². The van der Waals surface area contributed by atoms with E-state index in [1.54, 1.807) is 18.2 Å². The van der Waals surface area contributed by atoms with E-state index in [0.717, 1.165) is 0 Å². The smallest absolute Gasteiger partial charge is 0.264 e. The van der Waals surface area contributed by atoms with Crippen molar-refractivity contribution < 1.29 is 8.42 Å². The molecule has 4 nitrogen and oxygen atoms in total. The Morgan fingerprint density at radius 2 is 1.95 bits per heavy atom. The summed E-state index contributed by atoms with van der Waals surface area (Å²) in [7, 11) is -3.78. The van der Waals surface area contributed by atoms with Crippen LogP contribution in [0.5, 0.6) is 0 Å². The average molecular weight is 382 g/mol. The molecule has 0 amide bonds. The molecule has 0 radical (unpaired) electrons. The fourth-order valence-corrected chi connectivity index (χ4v) is 3.34. The van der Waals surface area contributed by atoms with E-state index >= 15 is 0 Å². The van der Waals surface area contributed by atoms with Crippen molar-refractivity contribution in [3.05, 3.63) is 51.2 Å². The van der Waals surface area contributed by atoms with Crippen molar-refractivity contribution >= 4 is 54.8 Å². The van der Waals surface area contributed by atoms with Gasteiger partial charge in [-0.05, 0) is 46.3 Å². The van der Waals surface area contributed by atoms with Crippen molar-refractivity contribution in [2.75, 3.05) is 4.72 Å². The number of pyridine rings is 1. The maximum Gasteiger partial charge on any atom is 0.264 e. The second-order valence-electron chi connectivity index (χ2n) is 3.53. The van der Waals surface area contributed by atoms with Crippen molar-refractivity contribution in [2.24, 2.45) is 0 Å². The zero-order chi connectivity index (χ0) is 14.0. The molecule has 0 bridgehead atoms. The summed E-state index contributed by atoms with van der Waals surface area (Å²) in [5.41, 5.74) is 0.371. The molecule has 0 saturated carbocycles. The van der Waals surface area contributed by atoms with E-state index in [4.69, 9.17) is 23.2 Å². The maximum atomic E-state index is 12.1. The van der Waals surface area contributed by atoms with Crippen LogP contribution in [0.4, 0.5) is 5.69 Å². The predicted molar refractivity (Wildman–Crippen MR) is 79.2 cm³/mol. The highest BCUT2D eigenvalue weighted by Crippen LogP contribution is 2.27. The Bertz CT molecular complexity index is 722. The molecular weight excluding hydrogens is 375 g/mol. The normalized spacial score (nSPS) is 11.3. The third kappa shape index (κ3) is 3.39. The molecule has 0 aliphatic rings. The van der Waals surface area contributed by atoms with Crippen molar-refractivity contribution in [1.82, 2.24) is 4.98 Å². The third-order valence-electron chi connectivity index (χ3n) is 2.19. The minimum atomic E-state index is -3.78. The first-order valence-electron chi connectivity index (χ1n) is 4.98. The second kappa shape index (κ2) is 5.66. The van der Waals surface area contributed by atoms with E-state index < -0.39 is 10.0 Å². The highest BCUT2D eigenvalue weighted by atomic mass is 79.9. The largest absolute Gasteiger partial charge is 0.279 e. The lowest BCUT2D eigenvalue weighted by atomic mass is 10.3. The zero-order valence-corrected chi connectivity index (χ0v) is 13.2. The fourth-order valence-electron chi connectivity index (χ4n) is 1.34. The molecule has 1 aromatic heterocycles. The highest BCUT2D eigenvalue weighted by molar-refractivity contribution is 9.10. The van der Waals surface area contributed by atoms with E-state index in [9.17, 15) is 8.42 Å². The molecule has 2 aromatic rings. The summed E-state index contributed by atoms with van der Waals surface area (Å²) < 4.78 is 27.3. The number of aromatic nitrogens is 1. The summed E-state index contributed by atoms with van der Waals surface area (Å²) in [6.07, 6.45) is 1.42. The van der Waals surface area contributed by atoms with E-state index in [-0.39, 0.29) is 10.0 Å². The lowest BCUT2D eigenvalue weighted by Crippen LogP contribution is -2.13. The summed E-state index contributed by atoms with van der Waals surface area (Å²) in [6, 6.07) is 7.56. The van der Waals surface area contributed by atoms with Crippen LogP contribution in [0.1, 0.15) is 0 Å². The third-order valence-corrected chi connectivity index (χ3v) is 5.23. The van der Waals surface area contributed by atoms with Gasteiger partial charge >= 0.3 is 0 Å². The molecule has 2 rings (SSSR count). The van der Waals surface area contributed by atoms with Crippen LogP contribution in [0.25, 0.3) is 0 Å². The standard InChI is InChI=1S/C11H7BrCl2N2O2S/c12-8-6-7(3-4-9(8)13)16-19(17,18)10-2-1-5-15-11(10)14/h1-6,16H. The van der Waals surface area contributed by atoms with Crippen LogP contribution in [0.2, 0.25) is 10.2 Å². The first kappa shape index (κ1) is 14.6. The van der Waals surface area contributed by atoms with Crippen LogP contribution >= 0.6 is 39.1 Å². The number of anilines is 1. The van der Waals surface area contributed by atoms with Gasteiger partial charge in [-0.15, -0.1) is 0 Å². The van der Waals surface area contributed by atoms with Crippen LogP contribution in [-0.2, 0) is 10.0 Å². The molecule has 1 N–H and O–H groups in total. The lowest BCUT2D eigenvalue weighted by molar-refractivity contribution is 0.601. The fraction of sp³-hybridized carbons (Fsp3) is 0. The molecule has 1 heterocycles. The summed E-state index contributed by atoms with van der Waals surface area (Å²) in [5, 5.41) is 0.408. The van der Waals surface area contributed by atoms with Crippen LogP contribution in [-0.4, -0.2) is 13.4 Å². The van der Waals surface area contributed by atoms with Gasteiger partial charge in [0.25, 0.3) is 10.0 Å². The van der Waals surface area contributed by atoms with Crippen LogP contribution in [0.3, 0.4) is 0 Å². The first-order chi connectivity index (χ1) is 8.90. The summed E-state index contributed by atoms with van der Waals surface area (Å²) in [5.74, 6) is 0. The number of halogens is 3. The number of nitrogens with one attached hydrogen (secondary N) is 1. The van der Waals surface area contributed by atoms with E-state index in [2.05, 4.69) is 25.6 Å². The molecule has 0 atom stereocenters. The monoisotopic (exact) mass is 380 g/mol. The molecule has 1 aromatic carbocycles. The number of hydrogen-bond donors (Lipinski definition) is 1. The molecule has 0 aliphatic heterocycles. The number of sulfonamides is 1. The van der Waals surface area contributed by atoms with Crippen molar-refractivity contribution in [1.29, 1.82) is 0 Å². The molecule has 0 fully saturated rings. The van der Waals surface area contributed by atoms with Gasteiger partial charge in [0.05, 0.1) is 10.7 Å². The Morgan fingerprint density at radius 3 is 2.58 bits per heavy atom. The molecule has 0 unspecified atom stereocenters. The molecule has 0 spiro atoms. The average Bonchev–Trinajstić information content (AvgIpc) is 2.34. The van der Waals surface area contributed by atoms with E-state index in [0.29, 0.717) is 15.2 Å². The topological polar surface area (TPSA) is 59.1 Å². The Kier molecular flexibility index (Phi) is 4.35. The van der Waals surface area contributed by atoms with E-state index in [1.807, 2.05) is 0 Å². The van der Waals surface area contributed by atoms with Crippen molar-refractivity contribution in [3.63, 3.8) is 0 Å². The summed E-state index contributed by atoms with van der Waals surface area (Å²) in [4.78, 5) is 3.65. The van der Waals surface area contributed by atoms with Gasteiger partial charge in [0.2, 0.25) is 0 Å². The quantitative estimate of drug-likeness (QED) is 0.818. The number of benzene rings is 1. The van der Waals surface area contributed by atoms with Gasteiger partial charge in [0.1, 0.15) is 10.0 Å². The van der Waals surface area contributed by atoms with Gasteiger partial charge in [-0.2, -0.15) is 0 Å². The summed E-state index contributed by atoms with van der Waals surface area (Å²) in [6.45, 7) is 0. The van der Waals surface area contributed by atoms with Crippen LogP contribution in [0, 0.1) is 0 Å². The van der Waals surface area contributed by atoms with Gasteiger partial charge in [0.15, 0.2) is 0 Å². The number of nitrogens with zero attached hydrogens (tertiary/aromatic N) is 1.